The van der Waals surface area contributed by atoms with Crippen molar-refractivity contribution >= 4 is 17.5 Å². The Morgan fingerprint density at radius 3 is 2.21 bits per heavy atom. The summed E-state index contributed by atoms with van der Waals surface area (Å²) in [6.45, 7) is 9.13. The van der Waals surface area contributed by atoms with Gasteiger partial charge < -0.3 is 19.4 Å². The quantitative estimate of drug-likeness (QED) is 0.777. The number of nitrogens with zero attached hydrogens (tertiary/aromatic N) is 7. The summed E-state index contributed by atoms with van der Waals surface area (Å²) in [6.07, 6.45) is 6.39. The normalized spacial score (nSPS) is 20.0. The summed E-state index contributed by atoms with van der Waals surface area (Å²) in [6, 6.07) is 2.12. The van der Waals surface area contributed by atoms with E-state index in [0.29, 0.717) is 0 Å². The number of ether oxygens (including phenoxy) is 1. The molecule has 8 nitrogen and oxygen atoms in total. The Hall–Kier alpha value is -2.48. The van der Waals surface area contributed by atoms with Gasteiger partial charge in [-0.2, -0.15) is 0 Å². The van der Waals surface area contributed by atoms with Crippen LogP contribution < -0.4 is 14.7 Å². The Balaban J connectivity index is 1.29. The van der Waals surface area contributed by atoms with Gasteiger partial charge in [0.15, 0.2) is 0 Å². The van der Waals surface area contributed by atoms with Gasteiger partial charge in [-0.1, -0.05) is 0 Å². The summed E-state index contributed by atoms with van der Waals surface area (Å²) in [7, 11) is 0. The molecule has 154 valence electrons. The number of piperazine rings is 1. The number of anilines is 3. The fraction of sp³-hybridized carbons (Fsp3) is 0.619. The van der Waals surface area contributed by atoms with Crippen molar-refractivity contribution in [2.24, 2.45) is 0 Å². The molecule has 0 radical (unpaired) electrons. The molecule has 2 saturated heterocycles. The second-order valence-electron chi connectivity index (χ2n) is 8.03. The molecule has 2 aromatic heterocycles. The van der Waals surface area contributed by atoms with E-state index in [1.54, 1.807) is 6.33 Å². The molecular formula is C21H29N7O. The van der Waals surface area contributed by atoms with Crippen LogP contribution in [0.1, 0.15) is 29.9 Å². The molecule has 0 bridgehead atoms. The van der Waals surface area contributed by atoms with Crippen molar-refractivity contribution in [3.8, 4) is 0 Å². The third kappa shape index (κ3) is 3.85. The molecule has 1 aliphatic carbocycles. The summed E-state index contributed by atoms with van der Waals surface area (Å²) < 4.78 is 5.46. The van der Waals surface area contributed by atoms with Crippen molar-refractivity contribution in [3.05, 3.63) is 29.5 Å². The molecule has 0 spiro atoms. The number of aryl methyl sites for hydroxylation is 2. The average molecular weight is 396 g/mol. The zero-order chi connectivity index (χ0) is 19.6. The van der Waals surface area contributed by atoms with Crippen LogP contribution in [0.4, 0.5) is 17.5 Å². The van der Waals surface area contributed by atoms with Crippen molar-refractivity contribution in [2.75, 3.05) is 67.2 Å². The number of morpholine rings is 1. The molecule has 0 saturated carbocycles. The first-order valence-electron chi connectivity index (χ1n) is 10.8. The summed E-state index contributed by atoms with van der Waals surface area (Å²) in [4.78, 5) is 25.7. The molecular weight excluding hydrogens is 366 g/mol. The SMILES string of the molecule is Cc1nc2c(c(N3CCN(c4cc(N5CCOCC5)ncn4)CC3)n1)CCCC2. The minimum atomic E-state index is 0.765. The molecule has 3 aliphatic rings. The summed E-state index contributed by atoms with van der Waals surface area (Å²) in [5.74, 6) is 4.08. The maximum absolute atomic E-state index is 5.46. The molecule has 29 heavy (non-hydrogen) atoms. The first-order valence-corrected chi connectivity index (χ1v) is 10.8. The average Bonchev–Trinajstić information content (AvgIpc) is 2.79. The lowest BCUT2D eigenvalue weighted by Crippen LogP contribution is -2.47. The van der Waals surface area contributed by atoms with Crippen molar-refractivity contribution in [1.82, 2.24) is 19.9 Å². The monoisotopic (exact) mass is 395 g/mol. The Bertz CT molecular complexity index is 860. The van der Waals surface area contributed by atoms with Gasteiger partial charge >= 0.3 is 0 Å². The van der Waals surface area contributed by atoms with Crippen LogP contribution in [-0.4, -0.2) is 72.4 Å². The van der Waals surface area contributed by atoms with Crippen LogP contribution >= 0.6 is 0 Å². The predicted octanol–water partition coefficient (Wildman–Crippen LogP) is 1.62. The number of aromatic nitrogens is 4. The minimum Gasteiger partial charge on any atom is -0.378 e. The van der Waals surface area contributed by atoms with Crippen LogP contribution in [0.2, 0.25) is 0 Å². The molecule has 5 rings (SSSR count). The Morgan fingerprint density at radius 1 is 0.793 bits per heavy atom. The van der Waals surface area contributed by atoms with E-state index >= 15 is 0 Å². The smallest absolute Gasteiger partial charge is 0.135 e. The van der Waals surface area contributed by atoms with E-state index in [9.17, 15) is 0 Å². The standard InChI is InChI=1S/C21H29N7O/c1-16-24-18-5-3-2-4-17(18)21(25-16)28-8-6-26(7-9-28)19-14-20(23-15-22-19)27-10-12-29-13-11-27/h14-15H,2-13H2,1H3. The molecule has 0 N–H and O–H groups in total. The van der Waals surface area contributed by atoms with Gasteiger partial charge in [0.1, 0.15) is 29.6 Å². The van der Waals surface area contributed by atoms with E-state index in [1.165, 1.54) is 29.9 Å². The molecule has 2 aliphatic heterocycles. The zero-order valence-corrected chi connectivity index (χ0v) is 17.2. The second kappa shape index (κ2) is 8.10. The third-order valence-electron chi connectivity index (χ3n) is 6.15. The van der Waals surface area contributed by atoms with Crippen LogP contribution in [0.25, 0.3) is 0 Å². The summed E-state index contributed by atoms with van der Waals surface area (Å²) >= 11 is 0. The third-order valence-corrected chi connectivity index (χ3v) is 6.15. The Kier molecular flexibility index (Phi) is 5.18. The predicted molar refractivity (Wildman–Crippen MR) is 113 cm³/mol. The largest absolute Gasteiger partial charge is 0.378 e. The van der Waals surface area contributed by atoms with Gasteiger partial charge in [0.05, 0.1) is 13.2 Å². The lowest BCUT2D eigenvalue weighted by atomic mass is 9.96. The van der Waals surface area contributed by atoms with Gasteiger partial charge in [0.25, 0.3) is 0 Å². The first-order chi connectivity index (χ1) is 14.3. The number of hydrogen-bond donors (Lipinski definition) is 0. The Morgan fingerprint density at radius 2 is 1.45 bits per heavy atom. The number of fused-ring (bicyclic) bond motifs is 1. The van der Waals surface area contributed by atoms with Gasteiger partial charge in [-0.15, -0.1) is 0 Å². The summed E-state index contributed by atoms with van der Waals surface area (Å²) in [5.41, 5.74) is 2.65. The van der Waals surface area contributed by atoms with Crippen LogP contribution in [0.3, 0.4) is 0 Å². The fourth-order valence-corrected chi connectivity index (χ4v) is 4.58. The maximum Gasteiger partial charge on any atom is 0.135 e. The van der Waals surface area contributed by atoms with E-state index in [4.69, 9.17) is 14.7 Å². The highest BCUT2D eigenvalue weighted by atomic mass is 16.5. The van der Waals surface area contributed by atoms with Gasteiger partial charge in [0.2, 0.25) is 0 Å². The Labute approximate surface area is 171 Å². The van der Waals surface area contributed by atoms with Crippen molar-refractivity contribution < 1.29 is 4.74 Å². The van der Waals surface area contributed by atoms with E-state index in [1.807, 2.05) is 6.92 Å². The van der Waals surface area contributed by atoms with Crippen LogP contribution in [-0.2, 0) is 17.6 Å². The van der Waals surface area contributed by atoms with Crippen LogP contribution in [0.5, 0.6) is 0 Å². The topological polar surface area (TPSA) is 70.5 Å². The van der Waals surface area contributed by atoms with Gasteiger partial charge in [-0.05, 0) is 32.6 Å². The maximum atomic E-state index is 5.46. The molecule has 8 heteroatoms. The molecule has 0 unspecified atom stereocenters. The molecule has 0 aromatic carbocycles. The molecule has 4 heterocycles. The highest BCUT2D eigenvalue weighted by Crippen LogP contribution is 2.29. The van der Waals surface area contributed by atoms with E-state index in [0.717, 1.165) is 82.8 Å². The van der Waals surface area contributed by atoms with E-state index in [-0.39, 0.29) is 0 Å². The molecule has 2 fully saturated rings. The zero-order valence-electron chi connectivity index (χ0n) is 17.2. The highest BCUT2D eigenvalue weighted by molar-refractivity contribution is 5.54. The highest BCUT2D eigenvalue weighted by Gasteiger charge is 2.25. The van der Waals surface area contributed by atoms with Crippen molar-refractivity contribution in [2.45, 2.75) is 32.6 Å². The fourth-order valence-electron chi connectivity index (χ4n) is 4.58. The molecule has 0 amide bonds. The van der Waals surface area contributed by atoms with Crippen molar-refractivity contribution in [3.63, 3.8) is 0 Å². The van der Waals surface area contributed by atoms with E-state index < -0.39 is 0 Å². The van der Waals surface area contributed by atoms with Gasteiger partial charge in [-0.3, -0.25) is 0 Å². The molecule has 0 atom stereocenters. The van der Waals surface area contributed by atoms with Gasteiger partial charge in [-0.25, -0.2) is 19.9 Å². The van der Waals surface area contributed by atoms with Crippen LogP contribution in [0.15, 0.2) is 12.4 Å². The lowest BCUT2D eigenvalue weighted by molar-refractivity contribution is 0.122. The second-order valence-corrected chi connectivity index (χ2v) is 8.03. The number of hydrogen-bond acceptors (Lipinski definition) is 8. The van der Waals surface area contributed by atoms with Gasteiger partial charge in [0, 0.05) is 56.6 Å². The van der Waals surface area contributed by atoms with Crippen molar-refractivity contribution in [1.29, 1.82) is 0 Å². The molecule has 2 aromatic rings. The number of rotatable bonds is 3. The van der Waals surface area contributed by atoms with E-state index in [2.05, 4.69) is 30.7 Å². The first kappa shape index (κ1) is 18.5. The summed E-state index contributed by atoms with van der Waals surface area (Å²) in [5, 5.41) is 0. The minimum absolute atomic E-state index is 0.765. The lowest BCUT2D eigenvalue weighted by Gasteiger charge is -2.37. The van der Waals surface area contributed by atoms with Crippen LogP contribution in [0, 0.1) is 6.92 Å².